The van der Waals surface area contributed by atoms with Crippen molar-refractivity contribution in [3.8, 4) is 0 Å². The second-order valence-electron chi connectivity index (χ2n) is 8.74. The van der Waals surface area contributed by atoms with Crippen molar-refractivity contribution in [1.29, 1.82) is 0 Å². The number of hydrogen-bond acceptors (Lipinski definition) is 3. The fourth-order valence-electron chi connectivity index (χ4n) is 4.68. The molecule has 2 aliphatic rings. The highest BCUT2D eigenvalue weighted by Gasteiger charge is 2.25. The van der Waals surface area contributed by atoms with Gasteiger partial charge < -0.3 is 10.1 Å². The Bertz CT molecular complexity index is 794. The van der Waals surface area contributed by atoms with Gasteiger partial charge in [-0.1, -0.05) is 67.8 Å². The van der Waals surface area contributed by atoms with Gasteiger partial charge in [-0.2, -0.15) is 0 Å². The van der Waals surface area contributed by atoms with Crippen LogP contribution in [-0.2, 0) is 16.0 Å². The van der Waals surface area contributed by atoms with Crippen molar-refractivity contribution in [2.24, 2.45) is 0 Å². The van der Waals surface area contributed by atoms with E-state index in [1.54, 1.807) is 0 Å². The third-order valence-corrected chi connectivity index (χ3v) is 6.37. The minimum absolute atomic E-state index is 0.0714. The van der Waals surface area contributed by atoms with Crippen LogP contribution in [-0.4, -0.2) is 42.6 Å². The Morgan fingerprint density at radius 1 is 0.867 bits per heavy atom. The second-order valence-corrected chi connectivity index (χ2v) is 8.74. The van der Waals surface area contributed by atoms with Crippen LogP contribution in [0.15, 0.2) is 54.6 Å². The number of nitrogens with one attached hydrogen (secondary N) is 1. The highest BCUT2D eigenvalue weighted by molar-refractivity contribution is 5.93. The van der Waals surface area contributed by atoms with E-state index in [9.17, 15) is 4.79 Å². The van der Waals surface area contributed by atoms with Crippen molar-refractivity contribution in [1.82, 2.24) is 4.90 Å². The van der Waals surface area contributed by atoms with Crippen molar-refractivity contribution in [2.75, 3.05) is 25.0 Å². The topological polar surface area (TPSA) is 41.6 Å². The van der Waals surface area contributed by atoms with Gasteiger partial charge in [0.25, 0.3) is 0 Å². The standard InChI is InChI=1S/C26H34N2O2/c29-26(20-28-17-15-24(16-18-28)30-23-12-5-2-6-13-23)27-25-14-8-7-11-22(25)19-21-9-3-1-4-10-21/h1,3-4,7-11,14,23-24H,2,5-6,12-13,15-20H2,(H,27,29). The average molecular weight is 407 g/mol. The molecule has 2 fully saturated rings. The molecule has 1 saturated carbocycles. The van der Waals surface area contributed by atoms with E-state index in [-0.39, 0.29) is 5.91 Å². The normalized spacial score (nSPS) is 18.9. The van der Waals surface area contributed by atoms with Crippen molar-refractivity contribution in [3.63, 3.8) is 0 Å². The SMILES string of the molecule is O=C(CN1CCC(OC2CCCCC2)CC1)Nc1ccccc1Cc1ccccc1. The number of carbonyl (C=O) groups excluding carboxylic acids is 1. The molecule has 1 aliphatic heterocycles. The van der Waals surface area contributed by atoms with Gasteiger partial charge in [-0.05, 0) is 49.3 Å². The fourth-order valence-corrected chi connectivity index (χ4v) is 4.68. The number of para-hydroxylation sites is 1. The van der Waals surface area contributed by atoms with Gasteiger partial charge in [-0.15, -0.1) is 0 Å². The first-order valence-electron chi connectivity index (χ1n) is 11.6. The van der Waals surface area contributed by atoms with Gasteiger partial charge in [0.15, 0.2) is 0 Å². The maximum Gasteiger partial charge on any atom is 0.238 e. The van der Waals surface area contributed by atoms with E-state index in [0.717, 1.165) is 43.6 Å². The van der Waals surface area contributed by atoms with E-state index in [1.807, 2.05) is 24.3 Å². The summed E-state index contributed by atoms with van der Waals surface area (Å²) in [6.07, 6.45) is 10.2. The van der Waals surface area contributed by atoms with Crippen LogP contribution in [0.3, 0.4) is 0 Å². The predicted octanol–water partition coefficient (Wildman–Crippen LogP) is 5.03. The minimum Gasteiger partial charge on any atom is -0.375 e. The summed E-state index contributed by atoms with van der Waals surface area (Å²) in [5.74, 6) is 0.0714. The number of benzene rings is 2. The molecule has 1 amide bonds. The Kier molecular flexibility index (Phi) is 7.54. The number of amides is 1. The van der Waals surface area contributed by atoms with Crippen LogP contribution in [0.5, 0.6) is 0 Å². The molecule has 1 saturated heterocycles. The van der Waals surface area contributed by atoms with Gasteiger partial charge in [-0.25, -0.2) is 0 Å². The van der Waals surface area contributed by atoms with Gasteiger partial charge in [0.1, 0.15) is 0 Å². The molecular weight excluding hydrogens is 372 g/mol. The monoisotopic (exact) mass is 406 g/mol. The molecule has 1 aliphatic carbocycles. The number of hydrogen-bond donors (Lipinski definition) is 1. The van der Waals surface area contributed by atoms with Gasteiger partial charge in [0, 0.05) is 18.8 Å². The minimum atomic E-state index is 0.0714. The molecule has 0 aromatic heterocycles. The molecule has 4 rings (SSSR count). The Morgan fingerprint density at radius 3 is 2.30 bits per heavy atom. The first-order chi connectivity index (χ1) is 14.8. The molecule has 0 unspecified atom stereocenters. The van der Waals surface area contributed by atoms with Crippen LogP contribution >= 0.6 is 0 Å². The van der Waals surface area contributed by atoms with Crippen molar-refractivity contribution in [2.45, 2.75) is 63.6 Å². The fraction of sp³-hybridized carbons (Fsp3) is 0.500. The first kappa shape index (κ1) is 21.1. The van der Waals surface area contributed by atoms with Gasteiger partial charge in [0.2, 0.25) is 5.91 Å². The van der Waals surface area contributed by atoms with Crippen molar-refractivity contribution >= 4 is 11.6 Å². The Balaban J connectivity index is 1.24. The van der Waals surface area contributed by atoms with Crippen molar-refractivity contribution < 1.29 is 9.53 Å². The van der Waals surface area contributed by atoms with E-state index in [2.05, 4.69) is 40.5 Å². The van der Waals surface area contributed by atoms with Crippen LogP contribution in [0.25, 0.3) is 0 Å². The molecular formula is C26H34N2O2. The van der Waals surface area contributed by atoms with Crippen LogP contribution in [0.1, 0.15) is 56.1 Å². The molecule has 2 aromatic rings. The van der Waals surface area contributed by atoms with E-state index in [1.165, 1.54) is 37.7 Å². The summed E-state index contributed by atoms with van der Waals surface area (Å²) in [6, 6.07) is 18.5. The molecule has 160 valence electrons. The number of ether oxygens (including phenoxy) is 1. The lowest BCUT2D eigenvalue weighted by molar-refractivity contribution is -0.118. The molecule has 2 aromatic carbocycles. The van der Waals surface area contributed by atoms with Gasteiger partial charge in [-0.3, -0.25) is 9.69 Å². The number of piperidine rings is 1. The van der Waals surface area contributed by atoms with E-state index in [4.69, 9.17) is 4.74 Å². The summed E-state index contributed by atoms with van der Waals surface area (Å²) in [7, 11) is 0. The van der Waals surface area contributed by atoms with Crippen LogP contribution in [0, 0.1) is 0 Å². The predicted molar refractivity (Wildman–Crippen MR) is 122 cm³/mol. The number of likely N-dealkylation sites (tertiary alicyclic amines) is 1. The molecule has 0 spiro atoms. The number of rotatable bonds is 7. The zero-order chi connectivity index (χ0) is 20.6. The molecule has 30 heavy (non-hydrogen) atoms. The number of carbonyl (C=O) groups is 1. The zero-order valence-corrected chi connectivity index (χ0v) is 17.9. The third kappa shape index (κ3) is 6.16. The molecule has 1 heterocycles. The van der Waals surface area contributed by atoms with Gasteiger partial charge in [0.05, 0.1) is 18.8 Å². The first-order valence-corrected chi connectivity index (χ1v) is 11.6. The molecule has 0 atom stereocenters. The summed E-state index contributed by atoms with van der Waals surface area (Å²) in [6.45, 7) is 2.34. The number of nitrogens with zero attached hydrogens (tertiary/aromatic N) is 1. The molecule has 0 radical (unpaired) electrons. The summed E-state index contributed by atoms with van der Waals surface area (Å²) in [5, 5.41) is 3.14. The summed E-state index contributed by atoms with van der Waals surface area (Å²) < 4.78 is 6.33. The highest BCUT2D eigenvalue weighted by atomic mass is 16.5. The largest absolute Gasteiger partial charge is 0.375 e. The summed E-state index contributed by atoms with van der Waals surface area (Å²) in [5.41, 5.74) is 3.32. The maximum absolute atomic E-state index is 12.7. The Hall–Kier alpha value is -2.17. The molecule has 1 N–H and O–H groups in total. The highest BCUT2D eigenvalue weighted by Crippen LogP contribution is 2.25. The van der Waals surface area contributed by atoms with Crippen LogP contribution in [0.4, 0.5) is 5.69 Å². The zero-order valence-electron chi connectivity index (χ0n) is 17.9. The second kappa shape index (κ2) is 10.7. The molecule has 0 bridgehead atoms. The van der Waals surface area contributed by atoms with E-state index < -0.39 is 0 Å². The summed E-state index contributed by atoms with van der Waals surface area (Å²) in [4.78, 5) is 15.0. The third-order valence-electron chi connectivity index (χ3n) is 6.37. The number of anilines is 1. The molecule has 4 heteroatoms. The Morgan fingerprint density at radius 2 is 1.53 bits per heavy atom. The van der Waals surface area contributed by atoms with Gasteiger partial charge >= 0.3 is 0 Å². The van der Waals surface area contributed by atoms with Crippen molar-refractivity contribution in [3.05, 3.63) is 65.7 Å². The molecule has 4 nitrogen and oxygen atoms in total. The van der Waals surface area contributed by atoms with E-state index in [0.29, 0.717) is 18.8 Å². The lowest BCUT2D eigenvalue weighted by Crippen LogP contribution is -2.42. The maximum atomic E-state index is 12.7. The average Bonchev–Trinajstić information content (AvgIpc) is 2.78. The van der Waals surface area contributed by atoms with Crippen LogP contribution in [0.2, 0.25) is 0 Å². The lowest BCUT2D eigenvalue weighted by Gasteiger charge is -2.34. The Labute approximate surface area is 180 Å². The summed E-state index contributed by atoms with van der Waals surface area (Å²) >= 11 is 0. The van der Waals surface area contributed by atoms with E-state index >= 15 is 0 Å². The lowest BCUT2D eigenvalue weighted by atomic mass is 9.97. The quantitative estimate of drug-likeness (QED) is 0.701. The van der Waals surface area contributed by atoms with Crippen LogP contribution < -0.4 is 5.32 Å². The smallest absolute Gasteiger partial charge is 0.238 e.